The Balaban J connectivity index is 1.95. The lowest BCUT2D eigenvalue weighted by Crippen LogP contribution is -2.30. The Hall–Kier alpha value is -1.46. The summed E-state index contributed by atoms with van der Waals surface area (Å²) in [4.78, 5) is 0.732. The van der Waals surface area contributed by atoms with E-state index in [0.29, 0.717) is 6.42 Å². The first kappa shape index (κ1) is 15.9. The first-order chi connectivity index (χ1) is 10.0. The molecule has 0 amide bonds. The van der Waals surface area contributed by atoms with E-state index in [1.54, 1.807) is 0 Å². The molecule has 1 atom stereocenters. The van der Waals surface area contributed by atoms with Crippen molar-refractivity contribution in [2.24, 2.45) is 0 Å². The van der Waals surface area contributed by atoms with Crippen molar-refractivity contribution >= 4 is 31.4 Å². The normalized spacial score (nSPS) is 13.1. The fraction of sp³-hybridized carbons (Fsp3) is 0.357. The Morgan fingerprint density at radius 2 is 2.14 bits per heavy atom. The predicted molar refractivity (Wildman–Crippen MR) is 83.4 cm³/mol. The van der Waals surface area contributed by atoms with Gasteiger partial charge in [0.2, 0.25) is 10.0 Å². The number of hydrogen-bond acceptors (Lipinski definition) is 5. The van der Waals surface area contributed by atoms with Gasteiger partial charge in [-0.15, -0.1) is 11.3 Å². The van der Waals surface area contributed by atoms with Gasteiger partial charge in [-0.25, -0.2) is 13.1 Å². The van der Waals surface area contributed by atoms with Crippen LogP contribution in [0.2, 0.25) is 0 Å². The summed E-state index contributed by atoms with van der Waals surface area (Å²) >= 11 is 1.45. The van der Waals surface area contributed by atoms with Crippen molar-refractivity contribution in [3.63, 3.8) is 0 Å². The highest BCUT2D eigenvalue weighted by atomic mass is 32.2. The van der Waals surface area contributed by atoms with Crippen LogP contribution < -0.4 is 4.72 Å². The predicted octanol–water partition coefficient (Wildman–Crippen LogP) is 2.16. The molecule has 0 saturated carbocycles. The standard InChI is InChI=1S/C14H16N2O3S2/c15-7-3-4-8-21(18,19)16-10-12(17)14-9-11-5-1-2-6-13(11)20-14/h1-2,5-6,9,12,16-17H,3-4,8,10H2. The minimum atomic E-state index is -3.44. The average molecular weight is 324 g/mol. The molecule has 0 saturated heterocycles. The number of nitrogens with one attached hydrogen (secondary N) is 1. The Labute approximate surface area is 127 Å². The first-order valence-corrected chi connectivity index (χ1v) is 8.99. The van der Waals surface area contributed by atoms with Gasteiger partial charge in [-0.05, 0) is 23.9 Å². The lowest BCUT2D eigenvalue weighted by molar-refractivity contribution is 0.186. The number of unbranched alkanes of at least 4 members (excludes halogenated alkanes) is 1. The quantitative estimate of drug-likeness (QED) is 0.764. The zero-order valence-electron chi connectivity index (χ0n) is 11.3. The van der Waals surface area contributed by atoms with Crippen LogP contribution in [0.4, 0.5) is 0 Å². The SMILES string of the molecule is N#CCCCS(=O)(=O)NCC(O)c1cc2ccccc2s1. The third kappa shape index (κ3) is 4.51. The fourth-order valence-electron chi connectivity index (χ4n) is 1.89. The first-order valence-electron chi connectivity index (χ1n) is 6.52. The summed E-state index contributed by atoms with van der Waals surface area (Å²) in [6.45, 7) is -0.0539. The van der Waals surface area contributed by atoms with Gasteiger partial charge in [0.15, 0.2) is 0 Å². The zero-order chi connectivity index (χ0) is 15.3. The van der Waals surface area contributed by atoms with Crippen molar-refractivity contribution in [1.82, 2.24) is 4.72 Å². The second-order valence-electron chi connectivity index (χ2n) is 4.63. The van der Waals surface area contributed by atoms with Gasteiger partial charge in [0, 0.05) is 22.5 Å². The third-order valence-corrected chi connectivity index (χ3v) is 5.62. The number of rotatable bonds is 7. The fourth-order valence-corrected chi connectivity index (χ4v) is 4.02. The molecule has 112 valence electrons. The smallest absolute Gasteiger partial charge is 0.211 e. The van der Waals surface area contributed by atoms with E-state index in [4.69, 9.17) is 5.26 Å². The van der Waals surface area contributed by atoms with Gasteiger partial charge in [0.05, 0.1) is 11.8 Å². The summed E-state index contributed by atoms with van der Waals surface area (Å²) < 4.78 is 26.8. The van der Waals surface area contributed by atoms with Crippen LogP contribution in [-0.2, 0) is 10.0 Å². The minimum Gasteiger partial charge on any atom is -0.386 e. The molecule has 1 unspecified atom stereocenters. The van der Waals surface area contributed by atoms with Crippen LogP contribution >= 0.6 is 11.3 Å². The van der Waals surface area contributed by atoms with Crippen LogP contribution in [0.5, 0.6) is 0 Å². The van der Waals surface area contributed by atoms with E-state index in [-0.39, 0.29) is 18.7 Å². The summed E-state index contributed by atoms with van der Waals surface area (Å²) in [5.41, 5.74) is 0. The van der Waals surface area contributed by atoms with Gasteiger partial charge in [0.1, 0.15) is 6.10 Å². The molecular weight excluding hydrogens is 308 g/mol. The van der Waals surface area contributed by atoms with Crippen molar-refractivity contribution in [2.45, 2.75) is 18.9 Å². The molecule has 21 heavy (non-hydrogen) atoms. The van der Waals surface area contributed by atoms with Gasteiger partial charge >= 0.3 is 0 Å². The number of aliphatic hydroxyl groups is 1. The second kappa shape index (κ2) is 7.00. The van der Waals surface area contributed by atoms with E-state index in [9.17, 15) is 13.5 Å². The van der Waals surface area contributed by atoms with E-state index < -0.39 is 16.1 Å². The molecule has 0 spiro atoms. The van der Waals surface area contributed by atoms with Crippen molar-refractivity contribution < 1.29 is 13.5 Å². The van der Waals surface area contributed by atoms with Crippen LogP contribution in [0.3, 0.4) is 0 Å². The van der Waals surface area contributed by atoms with Crippen molar-refractivity contribution in [1.29, 1.82) is 5.26 Å². The van der Waals surface area contributed by atoms with Gasteiger partial charge < -0.3 is 5.11 Å². The Morgan fingerprint density at radius 1 is 1.38 bits per heavy atom. The molecule has 1 aromatic carbocycles. The Bertz CT molecular complexity index is 714. The van der Waals surface area contributed by atoms with Gasteiger partial charge in [-0.2, -0.15) is 5.26 Å². The summed E-state index contributed by atoms with van der Waals surface area (Å²) in [6, 6.07) is 11.5. The molecule has 2 N–H and O–H groups in total. The minimum absolute atomic E-state index is 0.0539. The molecule has 0 fully saturated rings. The highest BCUT2D eigenvalue weighted by Gasteiger charge is 2.15. The summed E-state index contributed by atoms with van der Waals surface area (Å²) in [5.74, 6) is -0.0975. The lowest BCUT2D eigenvalue weighted by atomic mass is 10.2. The van der Waals surface area contributed by atoms with E-state index in [1.807, 2.05) is 36.4 Å². The summed E-state index contributed by atoms with van der Waals surface area (Å²) in [6.07, 6.45) is -0.363. The topological polar surface area (TPSA) is 90.2 Å². The van der Waals surface area contributed by atoms with Crippen LogP contribution in [0, 0.1) is 11.3 Å². The van der Waals surface area contributed by atoms with Crippen LogP contribution in [0.1, 0.15) is 23.8 Å². The maximum Gasteiger partial charge on any atom is 0.211 e. The summed E-state index contributed by atoms with van der Waals surface area (Å²) in [5, 5.41) is 19.5. The van der Waals surface area contributed by atoms with Crippen LogP contribution in [0.15, 0.2) is 30.3 Å². The molecule has 1 aromatic heterocycles. The Morgan fingerprint density at radius 3 is 2.86 bits per heavy atom. The van der Waals surface area contributed by atoms with Gasteiger partial charge in [0.25, 0.3) is 0 Å². The molecule has 0 bridgehead atoms. The van der Waals surface area contributed by atoms with Gasteiger partial charge in [-0.3, -0.25) is 0 Å². The van der Waals surface area contributed by atoms with Gasteiger partial charge in [-0.1, -0.05) is 18.2 Å². The average Bonchev–Trinajstić information content (AvgIpc) is 2.89. The molecule has 5 nitrogen and oxygen atoms in total. The van der Waals surface area contributed by atoms with Crippen molar-refractivity contribution in [3.8, 4) is 6.07 Å². The number of nitrogens with zero attached hydrogens (tertiary/aromatic N) is 1. The molecule has 0 aliphatic carbocycles. The number of nitriles is 1. The second-order valence-corrected chi connectivity index (χ2v) is 7.67. The number of fused-ring (bicyclic) bond motifs is 1. The molecular formula is C14H16N2O3S2. The molecule has 1 heterocycles. The number of sulfonamides is 1. The van der Waals surface area contributed by atoms with E-state index in [1.165, 1.54) is 11.3 Å². The Kier molecular flexibility index (Phi) is 5.31. The summed E-state index contributed by atoms with van der Waals surface area (Å²) in [7, 11) is -3.44. The largest absolute Gasteiger partial charge is 0.386 e. The van der Waals surface area contributed by atoms with Crippen molar-refractivity contribution in [2.75, 3.05) is 12.3 Å². The van der Waals surface area contributed by atoms with E-state index >= 15 is 0 Å². The van der Waals surface area contributed by atoms with Crippen LogP contribution in [-0.4, -0.2) is 25.8 Å². The van der Waals surface area contributed by atoms with E-state index in [2.05, 4.69) is 4.72 Å². The van der Waals surface area contributed by atoms with Crippen molar-refractivity contribution in [3.05, 3.63) is 35.2 Å². The molecule has 2 rings (SSSR count). The molecule has 0 aliphatic rings. The maximum absolute atomic E-state index is 11.7. The zero-order valence-corrected chi connectivity index (χ0v) is 13.0. The van der Waals surface area contributed by atoms with E-state index in [0.717, 1.165) is 15.0 Å². The number of thiophene rings is 1. The molecule has 7 heteroatoms. The van der Waals surface area contributed by atoms with Crippen LogP contribution in [0.25, 0.3) is 10.1 Å². The monoisotopic (exact) mass is 324 g/mol. The molecule has 0 aliphatic heterocycles. The number of benzene rings is 1. The molecule has 2 aromatic rings. The number of aliphatic hydroxyl groups excluding tert-OH is 1. The molecule has 0 radical (unpaired) electrons. The highest BCUT2D eigenvalue weighted by Crippen LogP contribution is 2.29. The lowest BCUT2D eigenvalue weighted by Gasteiger charge is -2.10. The highest BCUT2D eigenvalue weighted by molar-refractivity contribution is 7.89. The third-order valence-electron chi connectivity index (χ3n) is 2.97. The maximum atomic E-state index is 11.7. The number of hydrogen-bond donors (Lipinski definition) is 2.